The summed E-state index contributed by atoms with van der Waals surface area (Å²) in [5.74, 6) is 0.209. The maximum atomic E-state index is 12.5. The molecule has 114 valence electrons. The molecular formula is C17H17NO3S. The lowest BCUT2D eigenvalue weighted by atomic mass is 9.91. The van der Waals surface area contributed by atoms with Gasteiger partial charge in [-0.15, -0.1) is 0 Å². The molecule has 1 N–H and O–H groups in total. The summed E-state index contributed by atoms with van der Waals surface area (Å²) in [6.07, 6.45) is 1.50. The summed E-state index contributed by atoms with van der Waals surface area (Å²) in [5.41, 5.74) is 3.50. The Balaban J connectivity index is 1.89. The summed E-state index contributed by atoms with van der Waals surface area (Å²) in [5, 5.41) is 0. The second-order valence-corrected chi connectivity index (χ2v) is 7.30. The summed E-state index contributed by atoms with van der Waals surface area (Å²) in [4.78, 5) is 11.7. The zero-order valence-electron chi connectivity index (χ0n) is 12.3. The van der Waals surface area contributed by atoms with Gasteiger partial charge in [0.05, 0.1) is 4.90 Å². The van der Waals surface area contributed by atoms with Crippen molar-refractivity contribution in [3.05, 3.63) is 59.2 Å². The van der Waals surface area contributed by atoms with Crippen LogP contribution in [0.1, 0.15) is 23.1 Å². The van der Waals surface area contributed by atoms with E-state index in [4.69, 9.17) is 0 Å². The van der Waals surface area contributed by atoms with Gasteiger partial charge in [0.2, 0.25) is 0 Å². The first kappa shape index (κ1) is 14.8. The van der Waals surface area contributed by atoms with Crippen molar-refractivity contribution < 1.29 is 13.2 Å². The van der Waals surface area contributed by atoms with Crippen LogP contribution < -0.4 is 4.72 Å². The number of carbonyl (C=O) groups excluding carboxylic acids is 1. The first-order chi connectivity index (χ1) is 10.4. The van der Waals surface area contributed by atoms with Gasteiger partial charge in [-0.1, -0.05) is 23.8 Å². The Labute approximate surface area is 130 Å². The van der Waals surface area contributed by atoms with E-state index < -0.39 is 10.0 Å². The van der Waals surface area contributed by atoms with Gasteiger partial charge < -0.3 is 0 Å². The van der Waals surface area contributed by atoms with Gasteiger partial charge >= 0.3 is 0 Å². The Morgan fingerprint density at radius 3 is 2.41 bits per heavy atom. The van der Waals surface area contributed by atoms with Gasteiger partial charge in [-0.05, 0) is 48.7 Å². The zero-order valence-corrected chi connectivity index (χ0v) is 13.1. The highest BCUT2D eigenvalue weighted by Gasteiger charge is 2.20. The van der Waals surface area contributed by atoms with Crippen molar-refractivity contribution in [3.8, 4) is 0 Å². The molecule has 0 atom stereocenters. The van der Waals surface area contributed by atoms with E-state index in [1.54, 1.807) is 30.3 Å². The minimum Gasteiger partial charge on any atom is -0.299 e. The molecule has 3 rings (SSSR count). The van der Waals surface area contributed by atoms with Crippen LogP contribution in [0, 0.1) is 6.92 Å². The molecule has 1 aliphatic carbocycles. The molecule has 0 amide bonds. The van der Waals surface area contributed by atoms with Gasteiger partial charge in [0, 0.05) is 18.5 Å². The maximum absolute atomic E-state index is 12.5. The number of hydrogen-bond acceptors (Lipinski definition) is 3. The Morgan fingerprint density at radius 2 is 1.68 bits per heavy atom. The number of nitrogens with one attached hydrogen (secondary N) is 1. The summed E-state index contributed by atoms with van der Waals surface area (Å²) in [7, 11) is -3.61. The SMILES string of the molecule is Cc1ccc(NS(=O)(=O)c2ccc3c(c2)CCC(=O)C3)cc1. The predicted molar refractivity (Wildman–Crippen MR) is 85.5 cm³/mol. The van der Waals surface area contributed by atoms with Crippen molar-refractivity contribution in [1.82, 2.24) is 0 Å². The predicted octanol–water partition coefficient (Wildman–Crippen LogP) is 2.85. The zero-order chi connectivity index (χ0) is 15.7. The molecule has 0 spiro atoms. The quantitative estimate of drug-likeness (QED) is 0.947. The Kier molecular flexibility index (Phi) is 3.74. The fourth-order valence-electron chi connectivity index (χ4n) is 2.59. The van der Waals surface area contributed by atoms with Crippen molar-refractivity contribution in [2.75, 3.05) is 4.72 Å². The number of benzene rings is 2. The third-order valence-corrected chi connectivity index (χ3v) is 5.23. The minimum atomic E-state index is -3.61. The van der Waals surface area contributed by atoms with E-state index in [9.17, 15) is 13.2 Å². The number of hydrogen-bond donors (Lipinski definition) is 1. The van der Waals surface area contributed by atoms with Crippen molar-refractivity contribution in [3.63, 3.8) is 0 Å². The van der Waals surface area contributed by atoms with Crippen LogP contribution in [-0.2, 0) is 27.7 Å². The van der Waals surface area contributed by atoms with Crippen LogP contribution in [-0.4, -0.2) is 14.2 Å². The van der Waals surface area contributed by atoms with Crippen molar-refractivity contribution >= 4 is 21.5 Å². The number of anilines is 1. The number of rotatable bonds is 3. The van der Waals surface area contributed by atoms with Gasteiger partial charge in [-0.25, -0.2) is 8.42 Å². The lowest BCUT2D eigenvalue weighted by molar-refractivity contribution is -0.118. The Morgan fingerprint density at radius 1 is 0.955 bits per heavy atom. The van der Waals surface area contributed by atoms with Gasteiger partial charge in [0.1, 0.15) is 5.78 Å². The first-order valence-corrected chi connectivity index (χ1v) is 8.65. The van der Waals surface area contributed by atoms with E-state index in [-0.39, 0.29) is 10.7 Å². The van der Waals surface area contributed by atoms with E-state index >= 15 is 0 Å². The van der Waals surface area contributed by atoms with Crippen LogP contribution in [0.4, 0.5) is 5.69 Å². The summed E-state index contributed by atoms with van der Waals surface area (Å²) in [6, 6.07) is 12.2. The second-order valence-electron chi connectivity index (χ2n) is 5.62. The van der Waals surface area contributed by atoms with Crippen LogP contribution in [0.25, 0.3) is 0 Å². The maximum Gasteiger partial charge on any atom is 0.261 e. The summed E-state index contributed by atoms with van der Waals surface area (Å²) < 4.78 is 27.5. The average molecular weight is 315 g/mol. The number of fused-ring (bicyclic) bond motifs is 1. The van der Waals surface area contributed by atoms with Crippen molar-refractivity contribution in [1.29, 1.82) is 0 Å². The molecule has 5 heteroatoms. The molecule has 2 aromatic carbocycles. The van der Waals surface area contributed by atoms with Crippen LogP contribution in [0.15, 0.2) is 47.4 Å². The molecule has 0 saturated carbocycles. The molecule has 0 aliphatic heterocycles. The normalized spacial score (nSPS) is 14.5. The molecule has 0 fully saturated rings. The van der Waals surface area contributed by atoms with Gasteiger partial charge in [0.25, 0.3) is 10.0 Å². The molecule has 0 heterocycles. The molecule has 1 aliphatic rings. The van der Waals surface area contributed by atoms with Crippen LogP contribution >= 0.6 is 0 Å². The smallest absolute Gasteiger partial charge is 0.261 e. The molecule has 2 aromatic rings. The summed E-state index contributed by atoms with van der Waals surface area (Å²) in [6.45, 7) is 1.95. The first-order valence-electron chi connectivity index (χ1n) is 7.17. The topological polar surface area (TPSA) is 63.2 Å². The van der Waals surface area contributed by atoms with Gasteiger partial charge in [0.15, 0.2) is 0 Å². The van der Waals surface area contributed by atoms with Crippen molar-refractivity contribution in [2.24, 2.45) is 0 Å². The lowest BCUT2D eigenvalue weighted by Gasteiger charge is -2.16. The Bertz CT molecular complexity index is 823. The molecule has 0 radical (unpaired) electrons. The van der Waals surface area contributed by atoms with Crippen LogP contribution in [0.5, 0.6) is 0 Å². The number of ketones is 1. The molecule has 0 saturated heterocycles. The molecule has 22 heavy (non-hydrogen) atoms. The monoisotopic (exact) mass is 315 g/mol. The molecule has 0 aromatic heterocycles. The fraction of sp³-hybridized carbons (Fsp3) is 0.235. The highest BCUT2D eigenvalue weighted by atomic mass is 32.2. The molecule has 0 unspecified atom stereocenters. The fourth-order valence-corrected chi connectivity index (χ4v) is 3.69. The molecule has 4 nitrogen and oxygen atoms in total. The van der Waals surface area contributed by atoms with Crippen molar-refractivity contribution in [2.45, 2.75) is 31.1 Å². The molecule has 0 bridgehead atoms. The van der Waals surface area contributed by atoms with Crippen LogP contribution in [0.2, 0.25) is 0 Å². The number of sulfonamides is 1. The number of aryl methyl sites for hydroxylation is 2. The second kappa shape index (κ2) is 5.57. The standard InChI is InChI=1S/C17H17NO3S/c1-12-2-6-15(7-3-12)18-22(20,21)17-9-5-13-10-16(19)8-4-14(13)11-17/h2-3,5-7,9,11,18H,4,8,10H2,1H3. The van der Waals surface area contributed by atoms with E-state index in [1.807, 2.05) is 19.1 Å². The summed E-state index contributed by atoms with van der Waals surface area (Å²) >= 11 is 0. The Hall–Kier alpha value is -2.14. The third kappa shape index (κ3) is 3.04. The number of carbonyl (C=O) groups is 1. The van der Waals surface area contributed by atoms with E-state index in [1.165, 1.54) is 0 Å². The van der Waals surface area contributed by atoms with E-state index in [0.29, 0.717) is 24.9 Å². The van der Waals surface area contributed by atoms with Gasteiger partial charge in [-0.2, -0.15) is 0 Å². The highest BCUT2D eigenvalue weighted by Crippen LogP contribution is 2.24. The largest absolute Gasteiger partial charge is 0.299 e. The third-order valence-electron chi connectivity index (χ3n) is 3.85. The number of Topliss-reactive ketones (excluding diaryl/α,β-unsaturated/α-hetero) is 1. The molecular weight excluding hydrogens is 298 g/mol. The van der Waals surface area contributed by atoms with Crippen LogP contribution in [0.3, 0.4) is 0 Å². The van der Waals surface area contributed by atoms with Gasteiger partial charge in [-0.3, -0.25) is 9.52 Å². The minimum absolute atomic E-state index is 0.209. The highest BCUT2D eigenvalue weighted by molar-refractivity contribution is 7.92. The lowest BCUT2D eigenvalue weighted by Crippen LogP contribution is -2.16. The average Bonchev–Trinajstić information content (AvgIpc) is 2.49. The van der Waals surface area contributed by atoms with E-state index in [2.05, 4.69) is 4.72 Å². The van der Waals surface area contributed by atoms with E-state index in [0.717, 1.165) is 16.7 Å².